The first-order valence-corrected chi connectivity index (χ1v) is 9.18. The van der Waals surface area contributed by atoms with Crippen LogP contribution in [0.3, 0.4) is 0 Å². The van der Waals surface area contributed by atoms with E-state index in [2.05, 4.69) is 64.9 Å². The van der Waals surface area contributed by atoms with Crippen molar-refractivity contribution < 1.29 is 4.74 Å². The minimum Gasteiger partial charge on any atom is -0.379 e. The molecule has 2 aliphatic heterocycles. The summed E-state index contributed by atoms with van der Waals surface area (Å²) >= 11 is 0. The molecular weight excluding hydrogens is 316 g/mol. The lowest BCUT2D eigenvalue weighted by molar-refractivity contribution is 0.183. The zero-order valence-corrected chi connectivity index (χ0v) is 15.5. The number of ether oxygens (including phenoxy) is 1. The van der Waals surface area contributed by atoms with Crippen molar-refractivity contribution in [2.45, 2.75) is 58.2 Å². The van der Waals surface area contributed by atoms with E-state index in [4.69, 9.17) is 9.84 Å². The fourth-order valence-corrected chi connectivity index (χ4v) is 3.65. The Labute approximate surface area is 148 Å². The van der Waals surface area contributed by atoms with Crippen molar-refractivity contribution in [1.82, 2.24) is 24.9 Å². The van der Waals surface area contributed by atoms with Crippen molar-refractivity contribution >= 4 is 11.6 Å². The third-order valence-electron chi connectivity index (χ3n) is 5.04. The first-order chi connectivity index (χ1) is 11.9. The maximum atomic E-state index is 5.57. The average Bonchev–Trinajstić information content (AvgIpc) is 3.24. The highest BCUT2D eigenvalue weighted by atomic mass is 16.5. The van der Waals surface area contributed by atoms with Crippen LogP contribution in [0, 0.1) is 0 Å². The maximum absolute atomic E-state index is 5.57. The molecule has 7 nitrogen and oxygen atoms in total. The van der Waals surface area contributed by atoms with Gasteiger partial charge >= 0.3 is 0 Å². The van der Waals surface area contributed by atoms with Gasteiger partial charge in [-0.3, -0.25) is 9.36 Å². The minimum atomic E-state index is 0.0292. The first-order valence-electron chi connectivity index (χ1n) is 9.18. The largest absolute Gasteiger partial charge is 0.379 e. The topological polar surface area (TPSA) is 68.9 Å². The van der Waals surface area contributed by atoms with E-state index >= 15 is 0 Å². The molecule has 2 atom stereocenters. The van der Waals surface area contributed by atoms with Gasteiger partial charge in [-0.15, -0.1) is 0 Å². The van der Waals surface area contributed by atoms with E-state index in [0.717, 1.165) is 44.4 Å². The van der Waals surface area contributed by atoms with Crippen molar-refractivity contribution in [2.24, 2.45) is 0 Å². The number of nitrogens with one attached hydrogen (secondary N) is 2. The summed E-state index contributed by atoms with van der Waals surface area (Å²) in [7, 11) is 0. The quantitative estimate of drug-likeness (QED) is 0.896. The summed E-state index contributed by atoms with van der Waals surface area (Å²) in [4.78, 5) is 0. The maximum Gasteiger partial charge on any atom is 0.153 e. The van der Waals surface area contributed by atoms with Gasteiger partial charge in [0.25, 0.3) is 0 Å². The molecule has 2 N–H and O–H groups in total. The number of aromatic nitrogens is 4. The Morgan fingerprint density at radius 2 is 2.04 bits per heavy atom. The van der Waals surface area contributed by atoms with E-state index < -0.39 is 0 Å². The second kappa shape index (κ2) is 6.14. The van der Waals surface area contributed by atoms with Crippen molar-refractivity contribution in [2.75, 3.05) is 25.1 Å². The normalized spacial score (nSPS) is 23.7. The van der Waals surface area contributed by atoms with E-state index in [1.54, 1.807) is 0 Å². The molecule has 0 saturated carbocycles. The predicted octanol–water partition coefficient (Wildman–Crippen LogP) is 2.75. The van der Waals surface area contributed by atoms with E-state index in [1.165, 1.54) is 11.4 Å². The number of rotatable bonds is 3. The first kappa shape index (κ1) is 16.6. The van der Waals surface area contributed by atoms with Crippen molar-refractivity contribution in [3.8, 4) is 0 Å². The standard InChI is InChI=1S/C18H28N6O/c1-12-14-9-16(21-23(14)7-6-19-12)20-17-10-15(18(2,3)4)24(22-17)13-5-8-25-11-13/h9-10,12-13,19H,5-8,11H2,1-4H3,(H,20,21,22)/t12?,13-/m0/s1. The van der Waals surface area contributed by atoms with Gasteiger partial charge in [0, 0.05) is 42.4 Å². The summed E-state index contributed by atoms with van der Waals surface area (Å²) in [5.74, 6) is 1.71. The van der Waals surface area contributed by atoms with E-state index in [1.807, 2.05) is 0 Å². The zero-order valence-electron chi connectivity index (χ0n) is 15.5. The Morgan fingerprint density at radius 3 is 2.72 bits per heavy atom. The summed E-state index contributed by atoms with van der Waals surface area (Å²) in [6.07, 6.45) is 1.02. The fraction of sp³-hybridized carbons (Fsp3) is 0.667. The zero-order chi connectivity index (χ0) is 17.6. The van der Waals surface area contributed by atoms with Crippen molar-refractivity contribution in [3.05, 3.63) is 23.5 Å². The van der Waals surface area contributed by atoms with Crippen LogP contribution < -0.4 is 10.6 Å². The smallest absolute Gasteiger partial charge is 0.153 e. The predicted molar refractivity (Wildman–Crippen MR) is 97.3 cm³/mol. The second-order valence-corrected chi connectivity index (χ2v) is 8.11. The van der Waals surface area contributed by atoms with Crippen LogP contribution in [0.4, 0.5) is 11.6 Å². The molecular formula is C18H28N6O. The van der Waals surface area contributed by atoms with Crippen LogP contribution in [-0.2, 0) is 16.7 Å². The van der Waals surface area contributed by atoms with Gasteiger partial charge in [0.15, 0.2) is 11.6 Å². The molecule has 0 spiro atoms. The van der Waals surface area contributed by atoms with Crippen LogP contribution in [0.15, 0.2) is 12.1 Å². The van der Waals surface area contributed by atoms with Crippen molar-refractivity contribution in [3.63, 3.8) is 0 Å². The lowest BCUT2D eigenvalue weighted by atomic mass is 9.91. The van der Waals surface area contributed by atoms with Crippen LogP contribution >= 0.6 is 0 Å². The molecule has 2 aromatic rings. The molecule has 2 aliphatic rings. The summed E-state index contributed by atoms with van der Waals surface area (Å²) < 4.78 is 9.80. The van der Waals surface area contributed by atoms with Gasteiger partial charge < -0.3 is 15.4 Å². The highest BCUT2D eigenvalue weighted by Gasteiger charge is 2.28. The lowest BCUT2D eigenvalue weighted by Crippen LogP contribution is -2.31. The number of fused-ring (bicyclic) bond motifs is 1. The number of hydrogen-bond acceptors (Lipinski definition) is 5. The van der Waals surface area contributed by atoms with Crippen LogP contribution in [0.25, 0.3) is 0 Å². The molecule has 0 amide bonds. The van der Waals surface area contributed by atoms with Gasteiger partial charge in [-0.25, -0.2) is 0 Å². The van der Waals surface area contributed by atoms with Crippen LogP contribution in [0.2, 0.25) is 0 Å². The van der Waals surface area contributed by atoms with Gasteiger partial charge in [-0.2, -0.15) is 10.2 Å². The number of hydrogen-bond donors (Lipinski definition) is 2. The minimum absolute atomic E-state index is 0.0292. The second-order valence-electron chi connectivity index (χ2n) is 8.11. The summed E-state index contributed by atoms with van der Waals surface area (Å²) in [6.45, 7) is 12.3. The molecule has 1 fully saturated rings. The Morgan fingerprint density at radius 1 is 1.24 bits per heavy atom. The highest BCUT2D eigenvalue weighted by Crippen LogP contribution is 2.31. The number of nitrogens with zero attached hydrogens (tertiary/aromatic N) is 4. The van der Waals surface area contributed by atoms with Gasteiger partial charge in [0.1, 0.15) is 0 Å². The third-order valence-corrected chi connectivity index (χ3v) is 5.04. The highest BCUT2D eigenvalue weighted by molar-refractivity contribution is 5.53. The van der Waals surface area contributed by atoms with Crippen molar-refractivity contribution in [1.29, 1.82) is 0 Å². The average molecular weight is 344 g/mol. The molecule has 1 saturated heterocycles. The SMILES string of the molecule is CC1NCCn2nc(Nc3cc(C(C)(C)C)n([C@H]4CCOC4)n3)cc21. The number of anilines is 2. The van der Waals surface area contributed by atoms with Crippen LogP contribution in [-0.4, -0.2) is 39.3 Å². The Kier molecular flexibility index (Phi) is 4.08. The lowest BCUT2D eigenvalue weighted by Gasteiger charge is -2.22. The van der Waals surface area contributed by atoms with E-state index in [-0.39, 0.29) is 5.41 Å². The molecule has 0 aromatic carbocycles. The summed E-state index contributed by atoms with van der Waals surface area (Å²) in [6, 6.07) is 4.92. The summed E-state index contributed by atoms with van der Waals surface area (Å²) in [5, 5.41) is 16.4. The van der Waals surface area contributed by atoms with Crippen LogP contribution in [0.1, 0.15) is 57.6 Å². The third kappa shape index (κ3) is 3.18. The fourth-order valence-electron chi connectivity index (χ4n) is 3.65. The molecule has 2 aromatic heterocycles. The Bertz CT molecular complexity index is 750. The molecule has 0 radical (unpaired) electrons. The van der Waals surface area contributed by atoms with E-state index in [0.29, 0.717) is 12.1 Å². The molecule has 4 heterocycles. The molecule has 0 aliphatic carbocycles. The monoisotopic (exact) mass is 344 g/mol. The molecule has 0 bridgehead atoms. The molecule has 1 unspecified atom stereocenters. The molecule has 25 heavy (non-hydrogen) atoms. The van der Waals surface area contributed by atoms with E-state index in [9.17, 15) is 0 Å². The molecule has 136 valence electrons. The molecule has 7 heteroatoms. The Hall–Kier alpha value is -1.86. The van der Waals surface area contributed by atoms with Gasteiger partial charge in [0.05, 0.1) is 24.9 Å². The van der Waals surface area contributed by atoms with Crippen LogP contribution in [0.5, 0.6) is 0 Å². The Balaban J connectivity index is 1.62. The van der Waals surface area contributed by atoms with Gasteiger partial charge in [-0.1, -0.05) is 20.8 Å². The summed E-state index contributed by atoms with van der Waals surface area (Å²) in [5.41, 5.74) is 2.47. The van der Waals surface area contributed by atoms with Gasteiger partial charge in [-0.05, 0) is 13.3 Å². The molecule has 4 rings (SSSR count). The van der Waals surface area contributed by atoms with Gasteiger partial charge in [0.2, 0.25) is 0 Å².